The third-order valence-electron chi connectivity index (χ3n) is 4.92. The monoisotopic (exact) mass is 438 g/mol. The van der Waals surface area contributed by atoms with E-state index in [1.165, 1.54) is 0 Å². The molecule has 0 fully saturated rings. The zero-order chi connectivity index (χ0) is 23.2. The van der Waals surface area contributed by atoms with E-state index in [0.717, 1.165) is 11.1 Å². The van der Waals surface area contributed by atoms with Crippen molar-refractivity contribution >= 4 is 23.3 Å². The maximum Gasteiger partial charge on any atom is 0.343 e. The van der Waals surface area contributed by atoms with Gasteiger partial charge in [0.15, 0.2) is 0 Å². The Labute approximate surface area is 191 Å². The quantitative estimate of drug-likeness (QED) is 0.253. The molecule has 6 heteroatoms. The predicted octanol–water partition coefficient (Wildman–Crippen LogP) is 4.88. The molecule has 0 saturated heterocycles. The molecule has 0 saturated carbocycles. The van der Waals surface area contributed by atoms with Crippen LogP contribution in [0.3, 0.4) is 0 Å². The van der Waals surface area contributed by atoms with Crippen molar-refractivity contribution in [1.82, 2.24) is 0 Å². The van der Waals surface area contributed by atoms with Crippen LogP contribution >= 0.6 is 0 Å². The number of anilines is 2. The fraction of sp³-hybridized carbons (Fsp3) is 0.0370. The molecule has 4 rings (SSSR count). The lowest BCUT2D eigenvalue weighted by atomic mass is 10.0. The Balaban J connectivity index is 1.34. The van der Waals surface area contributed by atoms with Crippen molar-refractivity contribution in [2.75, 3.05) is 11.5 Å². The average molecular weight is 438 g/mol. The molecule has 4 aromatic rings. The highest BCUT2D eigenvalue weighted by atomic mass is 16.5. The van der Waals surface area contributed by atoms with Crippen molar-refractivity contribution in [3.05, 3.63) is 119 Å². The fourth-order valence-electron chi connectivity index (χ4n) is 3.25. The first-order valence-electron chi connectivity index (χ1n) is 10.3. The van der Waals surface area contributed by atoms with Crippen LogP contribution in [0, 0.1) is 0 Å². The zero-order valence-corrected chi connectivity index (χ0v) is 17.7. The van der Waals surface area contributed by atoms with Gasteiger partial charge in [0.05, 0.1) is 11.1 Å². The second-order valence-electron chi connectivity index (χ2n) is 7.49. The Hall–Kier alpha value is -4.58. The SMILES string of the molecule is Nc1cccc(C(=O)Oc2ccc(Cc3ccc(OC(=O)c4cccc(N)c4)cc3)cc2)c1. The first-order valence-corrected chi connectivity index (χ1v) is 10.3. The minimum Gasteiger partial charge on any atom is -0.423 e. The Kier molecular flexibility index (Phi) is 6.36. The Bertz CT molecular complexity index is 1180. The second kappa shape index (κ2) is 9.70. The maximum absolute atomic E-state index is 12.2. The van der Waals surface area contributed by atoms with Crippen LogP contribution in [0.5, 0.6) is 11.5 Å². The lowest BCUT2D eigenvalue weighted by Crippen LogP contribution is -2.09. The summed E-state index contributed by atoms with van der Waals surface area (Å²) < 4.78 is 10.8. The lowest BCUT2D eigenvalue weighted by molar-refractivity contribution is 0.0725. The van der Waals surface area contributed by atoms with Crippen LogP contribution in [0.4, 0.5) is 11.4 Å². The van der Waals surface area contributed by atoms with Gasteiger partial charge in [-0.2, -0.15) is 0 Å². The van der Waals surface area contributed by atoms with E-state index in [0.29, 0.717) is 40.4 Å². The number of nitrogen functional groups attached to an aromatic ring is 2. The van der Waals surface area contributed by atoms with E-state index in [1.807, 2.05) is 24.3 Å². The van der Waals surface area contributed by atoms with E-state index < -0.39 is 11.9 Å². The van der Waals surface area contributed by atoms with Crippen LogP contribution < -0.4 is 20.9 Å². The third-order valence-corrected chi connectivity index (χ3v) is 4.92. The lowest BCUT2D eigenvalue weighted by Gasteiger charge is -2.08. The van der Waals surface area contributed by atoms with Crippen molar-refractivity contribution in [3.63, 3.8) is 0 Å². The summed E-state index contributed by atoms with van der Waals surface area (Å²) in [5, 5.41) is 0. The number of carbonyl (C=O) groups excluding carboxylic acids is 2. The summed E-state index contributed by atoms with van der Waals surface area (Å²) in [5.41, 5.74) is 15.3. The molecule has 6 nitrogen and oxygen atoms in total. The van der Waals surface area contributed by atoms with Crippen LogP contribution in [0.2, 0.25) is 0 Å². The molecule has 0 amide bonds. The highest BCUT2D eigenvalue weighted by Gasteiger charge is 2.10. The van der Waals surface area contributed by atoms with Crippen LogP contribution in [-0.2, 0) is 6.42 Å². The molecule has 0 aliphatic rings. The van der Waals surface area contributed by atoms with Gasteiger partial charge in [-0.15, -0.1) is 0 Å². The number of ether oxygens (including phenoxy) is 2. The van der Waals surface area contributed by atoms with E-state index in [4.69, 9.17) is 20.9 Å². The summed E-state index contributed by atoms with van der Waals surface area (Å²) in [6.07, 6.45) is 0.674. The van der Waals surface area contributed by atoms with E-state index in [-0.39, 0.29) is 0 Å². The van der Waals surface area contributed by atoms with Gasteiger partial charge in [-0.3, -0.25) is 0 Å². The molecular formula is C27H22N2O4. The third kappa shape index (κ3) is 5.77. The van der Waals surface area contributed by atoms with Crippen molar-refractivity contribution in [2.45, 2.75) is 6.42 Å². The van der Waals surface area contributed by atoms with Crippen LogP contribution in [0.1, 0.15) is 31.8 Å². The van der Waals surface area contributed by atoms with Gasteiger partial charge >= 0.3 is 11.9 Å². The molecule has 0 unspecified atom stereocenters. The molecule has 33 heavy (non-hydrogen) atoms. The number of rotatable bonds is 6. The minimum atomic E-state index is -0.460. The number of hydrogen-bond donors (Lipinski definition) is 2. The second-order valence-corrected chi connectivity index (χ2v) is 7.49. The van der Waals surface area contributed by atoms with Crippen LogP contribution in [0.25, 0.3) is 0 Å². The molecule has 0 bridgehead atoms. The fourth-order valence-corrected chi connectivity index (χ4v) is 3.25. The minimum absolute atomic E-state index is 0.399. The number of benzene rings is 4. The predicted molar refractivity (Wildman–Crippen MR) is 127 cm³/mol. The molecule has 0 aliphatic carbocycles. The van der Waals surface area contributed by atoms with Gasteiger partial charge in [-0.25, -0.2) is 9.59 Å². The molecule has 4 aromatic carbocycles. The standard InChI is InChI=1S/C27H22N2O4/c28-22-5-1-3-20(16-22)26(30)32-24-11-7-18(8-12-24)15-19-9-13-25(14-10-19)33-27(31)21-4-2-6-23(29)17-21/h1-14,16-17H,15,28-29H2. The Morgan fingerprint density at radius 1 is 0.576 bits per heavy atom. The highest BCUT2D eigenvalue weighted by Crippen LogP contribution is 2.20. The average Bonchev–Trinajstić information content (AvgIpc) is 2.81. The Morgan fingerprint density at radius 2 is 0.970 bits per heavy atom. The zero-order valence-electron chi connectivity index (χ0n) is 17.7. The smallest absolute Gasteiger partial charge is 0.343 e. The molecule has 0 atom stereocenters. The molecule has 0 heterocycles. The van der Waals surface area contributed by atoms with Crippen molar-refractivity contribution < 1.29 is 19.1 Å². The summed E-state index contributed by atoms with van der Waals surface area (Å²) in [6.45, 7) is 0. The summed E-state index contributed by atoms with van der Waals surface area (Å²) in [6, 6.07) is 27.9. The van der Waals surface area contributed by atoms with Gasteiger partial charge in [0.1, 0.15) is 11.5 Å². The number of esters is 2. The van der Waals surface area contributed by atoms with Gasteiger partial charge in [0.2, 0.25) is 0 Å². The molecular weight excluding hydrogens is 416 g/mol. The van der Waals surface area contributed by atoms with Gasteiger partial charge in [-0.1, -0.05) is 36.4 Å². The van der Waals surface area contributed by atoms with E-state index in [9.17, 15) is 9.59 Å². The topological polar surface area (TPSA) is 105 Å². The van der Waals surface area contributed by atoms with Gasteiger partial charge in [-0.05, 0) is 78.2 Å². The molecule has 0 aromatic heterocycles. The Morgan fingerprint density at radius 3 is 1.33 bits per heavy atom. The maximum atomic E-state index is 12.2. The first-order chi connectivity index (χ1) is 16.0. The summed E-state index contributed by atoms with van der Waals surface area (Å²) in [5.74, 6) is -0.0123. The van der Waals surface area contributed by atoms with Crippen LogP contribution in [-0.4, -0.2) is 11.9 Å². The molecule has 4 N–H and O–H groups in total. The van der Waals surface area contributed by atoms with Crippen LogP contribution in [0.15, 0.2) is 97.1 Å². The highest BCUT2D eigenvalue weighted by molar-refractivity contribution is 5.92. The molecule has 0 spiro atoms. The van der Waals surface area contributed by atoms with E-state index >= 15 is 0 Å². The number of carbonyl (C=O) groups is 2. The summed E-state index contributed by atoms with van der Waals surface area (Å²) in [7, 11) is 0. The normalized spacial score (nSPS) is 10.4. The molecule has 0 aliphatic heterocycles. The molecule has 164 valence electrons. The molecule has 0 radical (unpaired) electrons. The first kappa shape index (κ1) is 21.6. The van der Waals surface area contributed by atoms with Crippen molar-refractivity contribution in [2.24, 2.45) is 0 Å². The summed E-state index contributed by atoms with van der Waals surface area (Å²) in [4.78, 5) is 24.5. The largest absolute Gasteiger partial charge is 0.423 e. The number of hydrogen-bond acceptors (Lipinski definition) is 6. The van der Waals surface area contributed by atoms with Crippen molar-refractivity contribution in [3.8, 4) is 11.5 Å². The van der Waals surface area contributed by atoms with Gasteiger partial charge in [0, 0.05) is 11.4 Å². The van der Waals surface area contributed by atoms with Gasteiger partial charge < -0.3 is 20.9 Å². The van der Waals surface area contributed by atoms with E-state index in [2.05, 4.69) is 0 Å². The summed E-state index contributed by atoms with van der Waals surface area (Å²) >= 11 is 0. The van der Waals surface area contributed by atoms with Crippen molar-refractivity contribution in [1.29, 1.82) is 0 Å². The number of nitrogens with two attached hydrogens (primary N) is 2. The van der Waals surface area contributed by atoms with E-state index in [1.54, 1.807) is 72.8 Å². The van der Waals surface area contributed by atoms with Gasteiger partial charge in [0.25, 0.3) is 0 Å².